The third kappa shape index (κ3) is 4.45. The number of aryl methyl sites for hydroxylation is 2. The summed E-state index contributed by atoms with van der Waals surface area (Å²) in [5.74, 6) is 1.32. The monoisotopic (exact) mass is 466 g/mol. The maximum atomic E-state index is 13.1. The van der Waals surface area contributed by atoms with Crippen molar-refractivity contribution in [2.24, 2.45) is 18.9 Å². The molecule has 1 fully saturated rings. The number of rotatable bonds is 5. The van der Waals surface area contributed by atoms with Crippen LogP contribution in [-0.2, 0) is 13.5 Å². The normalized spacial score (nSPS) is 18.6. The molecule has 0 aliphatic heterocycles. The fourth-order valence-electron chi connectivity index (χ4n) is 4.96. The van der Waals surface area contributed by atoms with Crippen LogP contribution in [0.15, 0.2) is 30.3 Å². The molecule has 32 heavy (non-hydrogen) atoms. The minimum Gasteiger partial charge on any atom is -0.347 e. The number of benzene rings is 2. The summed E-state index contributed by atoms with van der Waals surface area (Å²) in [4.78, 5) is 13.1. The van der Waals surface area contributed by atoms with Crippen LogP contribution in [0, 0.1) is 30.1 Å². The second-order valence-corrected chi connectivity index (χ2v) is 10.1. The number of Topliss-reactive ketones (excluding diaryl/α,β-unsaturated/α-hetero) is 1. The van der Waals surface area contributed by atoms with Crippen LogP contribution >= 0.6 is 23.2 Å². The first-order chi connectivity index (χ1) is 15.3. The third-order valence-electron chi connectivity index (χ3n) is 7.05. The van der Waals surface area contributed by atoms with Crippen molar-refractivity contribution in [2.75, 3.05) is 0 Å². The van der Waals surface area contributed by atoms with Crippen molar-refractivity contribution < 1.29 is 4.79 Å². The molecule has 166 valence electrons. The van der Waals surface area contributed by atoms with Gasteiger partial charge < -0.3 is 4.57 Å². The van der Waals surface area contributed by atoms with Crippen molar-refractivity contribution in [3.8, 4) is 6.07 Å². The molecule has 0 radical (unpaired) electrons. The summed E-state index contributed by atoms with van der Waals surface area (Å²) in [7, 11) is 1.99. The Kier molecular flexibility index (Phi) is 6.65. The lowest BCUT2D eigenvalue weighted by Gasteiger charge is -2.25. The maximum Gasteiger partial charge on any atom is 0.164 e. The maximum absolute atomic E-state index is 13.1. The van der Waals surface area contributed by atoms with Crippen molar-refractivity contribution in [1.29, 1.82) is 5.26 Å². The molecule has 0 spiro atoms. The average Bonchev–Trinajstić information content (AvgIpc) is 3.08. The largest absolute Gasteiger partial charge is 0.347 e. The molecule has 0 unspecified atom stereocenters. The summed E-state index contributed by atoms with van der Waals surface area (Å²) in [6.45, 7) is 4.30. The predicted molar refractivity (Wildman–Crippen MR) is 132 cm³/mol. The summed E-state index contributed by atoms with van der Waals surface area (Å²) in [6.07, 6.45) is 5.71. The van der Waals surface area contributed by atoms with Gasteiger partial charge in [-0.3, -0.25) is 4.79 Å². The van der Waals surface area contributed by atoms with Crippen LogP contribution in [0.5, 0.6) is 0 Å². The van der Waals surface area contributed by atoms with Crippen molar-refractivity contribution >= 4 is 39.9 Å². The molecule has 1 saturated carbocycles. The van der Waals surface area contributed by atoms with E-state index in [0.717, 1.165) is 46.5 Å². The first-order valence-electron chi connectivity index (χ1n) is 11.3. The minimum atomic E-state index is 0.110. The van der Waals surface area contributed by atoms with Gasteiger partial charge in [-0.2, -0.15) is 5.26 Å². The van der Waals surface area contributed by atoms with Crippen LogP contribution in [0.3, 0.4) is 0 Å². The van der Waals surface area contributed by atoms with E-state index in [-0.39, 0.29) is 5.78 Å². The lowest BCUT2D eigenvalue weighted by molar-refractivity contribution is 0.0944. The first kappa shape index (κ1) is 22.9. The number of aromatic nitrogens is 1. The van der Waals surface area contributed by atoms with E-state index in [4.69, 9.17) is 23.2 Å². The Balaban J connectivity index is 1.64. The Hall–Kier alpha value is -2.28. The van der Waals surface area contributed by atoms with Crippen molar-refractivity contribution in [3.05, 3.63) is 68.3 Å². The molecule has 1 aromatic heterocycles. The van der Waals surface area contributed by atoms with Gasteiger partial charge in [0, 0.05) is 47.1 Å². The SMILES string of the molecule is Cc1cc(C#N)cc2c1cc(Cc1c(Cl)ccc(C(=O)CC3CCC(C)CC3)c1Cl)n2C. The molecule has 0 saturated heterocycles. The van der Waals surface area contributed by atoms with Crippen LogP contribution in [0.1, 0.15) is 71.8 Å². The number of halogens is 2. The van der Waals surface area contributed by atoms with Crippen LogP contribution in [0.4, 0.5) is 0 Å². The Morgan fingerprint density at radius 1 is 1.16 bits per heavy atom. The highest BCUT2D eigenvalue weighted by Gasteiger charge is 2.24. The number of hydrogen-bond donors (Lipinski definition) is 0. The van der Waals surface area contributed by atoms with Gasteiger partial charge in [0.25, 0.3) is 0 Å². The van der Waals surface area contributed by atoms with Gasteiger partial charge in [-0.05, 0) is 73.1 Å². The van der Waals surface area contributed by atoms with E-state index in [2.05, 4.69) is 23.6 Å². The van der Waals surface area contributed by atoms with E-state index in [1.165, 1.54) is 12.8 Å². The predicted octanol–water partition coefficient (Wildman–Crippen LogP) is 7.66. The molecule has 2 aromatic carbocycles. The smallest absolute Gasteiger partial charge is 0.164 e. The Labute approximate surface area is 199 Å². The Morgan fingerprint density at radius 2 is 1.88 bits per heavy atom. The van der Waals surface area contributed by atoms with Gasteiger partial charge in [0.1, 0.15) is 0 Å². The quantitative estimate of drug-likeness (QED) is 0.362. The van der Waals surface area contributed by atoms with Gasteiger partial charge >= 0.3 is 0 Å². The zero-order chi connectivity index (χ0) is 23.0. The van der Waals surface area contributed by atoms with Crippen molar-refractivity contribution in [3.63, 3.8) is 0 Å². The minimum absolute atomic E-state index is 0.110. The number of nitrogens with zero attached hydrogens (tertiary/aromatic N) is 2. The molecule has 1 heterocycles. The highest BCUT2D eigenvalue weighted by molar-refractivity contribution is 6.38. The van der Waals surface area contributed by atoms with Gasteiger partial charge in [-0.25, -0.2) is 0 Å². The number of carbonyl (C=O) groups is 1. The van der Waals surface area contributed by atoms with Gasteiger partial charge in [-0.1, -0.05) is 43.0 Å². The fourth-order valence-corrected chi connectivity index (χ4v) is 5.57. The Morgan fingerprint density at radius 3 is 2.56 bits per heavy atom. The summed E-state index contributed by atoms with van der Waals surface area (Å²) >= 11 is 13.3. The summed E-state index contributed by atoms with van der Waals surface area (Å²) in [5, 5.41) is 11.4. The van der Waals surface area contributed by atoms with Crippen molar-refractivity contribution in [2.45, 2.75) is 52.4 Å². The number of carbonyl (C=O) groups excluding carboxylic acids is 1. The summed E-state index contributed by atoms with van der Waals surface area (Å²) < 4.78 is 2.08. The van der Waals surface area contributed by atoms with E-state index in [1.54, 1.807) is 12.1 Å². The van der Waals surface area contributed by atoms with Crippen LogP contribution in [-0.4, -0.2) is 10.4 Å². The molecule has 0 N–H and O–H groups in total. The first-order valence-corrected chi connectivity index (χ1v) is 12.0. The standard InChI is InChI=1S/C27H28Cl2N2O/c1-16-4-6-18(7-5-16)12-26(32)21-8-9-24(28)23(27(21)29)14-20-13-22-17(2)10-19(15-30)11-25(22)31(20)3/h8-11,13,16,18H,4-7,12,14H2,1-3H3. The number of hydrogen-bond acceptors (Lipinski definition) is 2. The molecular formula is C27H28Cl2N2O. The van der Waals surface area contributed by atoms with E-state index in [0.29, 0.717) is 39.9 Å². The average molecular weight is 467 g/mol. The number of nitriles is 1. The highest BCUT2D eigenvalue weighted by Crippen LogP contribution is 2.35. The molecule has 0 bridgehead atoms. The van der Waals surface area contributed by atoms with Gasteiger partial charge in [0.15, 0.2) is 5.78 Å². The molecule has 1 aliphatic rings. The van der Waals surface area contributed by atoms with Gasteiger partial charge in [0.05, 0.1) is 16.7 Å². The molecular weight excluding hydrogens is 439 g/mol. The fraction of sp³-hybridized carbons (Fsp3) is 0.407. The Bertz CT molecular complexity index is 1230. The topological polar surface area (TPSA) is 45.8 Å². The third-order valence-corrected chi connectivity index (χ3v) is 7.84. The zero-order valence-corrected chi connectivity index (χ0v) is 20.4. The molecule has 4 rings (SSSR count). The lowest BCUT2D eigenvalue weighted by atomic mass is 9.80. The van der Waals surface area contributed by atoms with Gasteiger partial charge in [-0.15, -0.1) is 0 Å². The number of ketones is 1. The van der Waals surface area contributed by atoms with E-state index < -0.39 is 0 Å². The molecule has 5 heteroatoms. The van der Waals surface area contributed by atoms with Crippen LogP contribution in [0.25, 0.3) is 10.9 Å². The van der Waals surface area contributed by atoms with Gasteiger partial charge in [0.2, 0.25) is 0 Å². The van der Waals surface area contributed by atoms with Crippen molar-refractivity contribution in [1.82, 2.24) is 4.57 Å². The number of fused-ring (bicyclic) bond motifs is 1. The molecule has 3 aromatic rings. The van der Waals surface area contributed by atoms with E-state index in [1.807, 2.05) is 26.1 Å². The molecule has 0 amide bonds. The second kappa shape index (κ2) is 9.30. The summed E-state index contributed by atoms with van der Waals surface area (Å²) in [6, 6.07) is 11.7. The summed E-state index contributed by atoms with van der Waals surface area (Å²) in [5.41, 5.74) is 5.09. The molecule has 1 aliphatic carbocycles. The zero-order valence-electron chi connectivity index (χ0n) is 18.8. The van der Waals surface area contributed by atoms with Crippen LogP contribution < -0.4 is 0 Å². The second-order valence-electron chi connectivity index (χ2n) is 9.35. The molecule has 3 nitrogen and oxygen atoms in total. The van der Waals surface area contributed by atoms with E-state index in [9.17, 15) is 10.1 Å². The molecule has 0 atom stereocenters. The highest BCUT2D eigenvalue weighted by atomic mass is 35.5. The van der Waals surface area contributed by atoms with E-state index >= 15 is 0 Å². The van der Waals surface area contributed by atoms with Crippen LogP contribution in [0.2, 0.25) is 10.0 Å². The lowest BCUT2D eigenvalue weighted by Crippen LogP contribution is -2.16.